The summed E-state index contributed by atoms with van der Waals surface area (Å²) in [7, 11) is 0. The normalized spacial score (nSPS) is 8.91. The first-order valence-electron chi connectivity index (χ1n) is 3.15. The lowest BCUT2D eigenvalue weighted by Gasteiger charge is -2.15. The van der Waals surface area contributed by atoms with Crippen LogP contribution in [-0.2, 0) is 9.53 Å². The summed E-state index contributed by atoms with van der Waals surface area (Å²) in [5.41, 5.74) is -0.860. The van der Waals surface area contributed by atoms with E-state index in [0.717, 1.165) is 0 Å². The zero-order valence-corrected chi connectivity index (χ0v) is 6.89. The molecule has 0 saturated carbocycles. The molecule has 0 aromatic carbocycles. The van der Waals surface area contributed by atoms with Gasteiger partial charge in [-0.1, -0.05) is 11.8 Å². The topological polar surface area (TPSA) is 26.3 Å². The number of carbonyl (C=O) groups excluding carboxylic acids is 1. The Morgan fingerprint density at radius 3 is 2.45 bits per heavy atom. The minimum absolute atomic E-state index is 0.588. The summed E-state index contributed by atoms with van der Waals surface area (Å²) in [6.07, 6.45) is 5.08. The highest BCUT2D eigenvalue weighted by Gasteiger charge is 2.17. The molecule has 11 heavy (non-hydrogen) atoms. The molecule has 0 fully saturated rings. The lowest BCUT2D eigenvalue weighted by atomic mass is 10.1. The van der Waals surface area contributed by atoms with Crippen LogP contribution in [0.4, 0.5) is 0 Å². The molecule has 0 aromatic rings. The van der Waals surface area contributed by atoms with Gasteiger partial charge in [0.25, 0.3) is 0 Å². The quantitative estimate of drug-likeness (QED) is 0.316. The van der Waals surface area contributed by atoms with Gasteiger partial charge in [-0.25, -0.2) is 4.79 Å². The maximum Gasteiger partial charge on any atom is 0.385 e. The van der Waals surface area contributed by atoms with Crippen LogP contribution in [0.3, 0.4) is 0 Å². The molecule has 0 atom stereocenters. The molecular formula is C9H10O2. The number of hydrogen-bond acceptors (Lipinski definition) is 2. The molecule has 2 heteroatoms. The first-order valence-corrected chi connectivity index (χ1v) is 3.15. The Morgan fingerprint density at radius 2 is 2.09 bits per heavy atom. The fourth-order valence-electron chi connectivity index (χ4n) is 0.389. The van der Waals surface area contributed by atoms with Crippen LogP contribution in [0.25, 0.3) is 0 Å². The van der Waals surface area contributed by atoms with Crippen molar-refractivity contribution in [1.29, 1.82) is 0 Å². The van der Waals surface area contributed by atoms with Crippen LogP contribution in [0.1, 0.15) is 20.8 Å². The van der Waals surface area contributed by atoms with Gasteiger partial charge < -0.3 is 4.74 Å². The van der Waals surface area contributed by atoms with Gasteiger partial charge >= 0.3 is 5.97 Å². The Labute approximate surface area is 66.9 Å². The molecule has 0 bridgehead atoms. The van der Waals surface area contributed by atoms with E-state index in [2.05, 4.69) is 17.8 Å². The standard InChI is InChI=1S/C9H10O2/c1-5-7-8(10)11-9(3,4)6-2/h2H,1,3-4H3. The summed E-state index contributed by atoms with van der Waals surface area (Å²) in [5.74, 6) is 6.38. The van der Waals surface area contributed by atoms with E-state index >= 15 is 0 Å². The summed E-state index contributed by atoms with van der Waals surface area (Å²) in [6, 6.07) is 0. The van der Waals surface area contributed by atoms with Crippen LogP contribution in [0, 0.1) is 24.2 Å². The Bertz CT molecular complexity index is 245. The molecule has 0 aromatic heterocycles. The van der Waals surface area contributed by atoms with Crippen molar-refractivity contribution in [1.82, 2.24) is 0 Å². The number of esters is 1. The minimum Gasteiger partial charge on any atom is -0.437 e. The molecule has 0 N–H and O–H groups in total. The Balaban J connectivity index is 4.15. The molecular weight excluding hydrogens is 140 g/mol. The molecule has 0 aliphatic rings. The van der Waals surface area contributed by atoms with Gasteiger partial charge in [-0.05, 0) is 20.8 Å². The zero-order chi connectivity index (χ0) is 8.91. The van der Waals surface area contributed by atoms with Crippen molar-refractivity contribution in [2.75, 3.05) is 0 Å². The van der Waals surface area contributed by atoms with Crippen LogP contribution in [0.2, 0.25) is 0 Å². The SMILES string of the molecule is C#CC(C)(C)OC(=O)C#CC. The fourth-order valence-corrected chi connectivity index (χ4v) is 0.389. The monoisotopic (exact) mass is 150 g/mol. The van der Waals surface area contributed by atoms with E-state index in [4.69, 9.17) is 11.2 Å². The van der Waals surface area contributed by atoms with E-state index < -0.39 is 11.6 Å². The van der Waals surface area contributed by atoms with Gasteiger partial charge in [-0.2, -0.15) is 0 Å². The Hall–Kier alpha value is -1.41. The lowest BCUT2D eigenvalue weighted by Crippen LogP contribution is -2.24. The highest BCUT2D eigenvalue weighted by atomic mass is 16.6. The molecule has 58 valence electrons. The van der Waals surface area contributed by atoms with Gasteiger partial charge in [0.1, 0.15) is 0 Å². The second kappa shape index (κ2) is 3.68. The van der Waals surface area contributed by atoms with Crippen LogP contribution in [0.15, 0.2) is 0 Å². The number of terminal acetylenes is 1. The number of ether oxygens (including phenoxy) is 1. The van der Waals surface area contributed by atoms with Gasteiger partial charge in [-0.3, -0.25) is 0 Å². The Kier molecular flexibility index (Phi) is 3.21. The van der Waals surface area contributed by atoms with E-state index in [-0.39, 0.29) is 0 Å². The van der Waals surface area contributed by atoms with E-state index in [1.54, 1.807) is 20.8 Å². The minimum atomic E-state index is -0.860. The van der Waals surface area contributed by atoms with E-state index in [1.807, 2.05) is 0 Å². The van der Waals surface area contributed by atoms with Crippen molar-refractivity contribution >= 4 is 5.97 Å². The predicted molar refractivity (Wildman–Crippen MR) is 42.5 cm³/mol. The smallest absolute Gasteiger partial charge is 0.385 e. The fraction of sp³-hybridized carbons (Fsp3) is 0.444. The van der Waals surface area contributed by atoms with Crippen LogP contribution in [0.5, 0.6) is 0 Å². The molecule has 0 amide bonds. The highest BCUT2D eigenvalue weighted by molar-refractivity contribution is 5.88. The van der Waals surface area contributed by atoms with Crippen LogP contribution in [-0.4, -0.2) is 11.6 Å². The first kappa shape index (κ1) is 9.59. The molecule has 0 aliphatic heterocycles. The van der Waals surface area contributed by atoms with E-state index in [9.17, 15) is 4.79 Å². The van der Waals surface area contributed by atoms with Crippen molar-refractivity contribution < 1.29 is 9.53 Å². The summed E-state index contributed by atoms with van der Waals surface area (Å²) in [4.78, 5) is 10.7. The maximum absolute atomic E-state index is 10.7. The predicted octanol–water partition coefficient (Wildman–Crippen LogP) is 0.965. The molecule has 2 nitrogen and oxygen atoms in total. The Morgan fingerprint density at radius 1 is 1.55 bits per heavy atom. The molecule has 0 aliphatic carbocycles. The first-order chi connectivity index (χ1) is 5.02. The van der Waals surface area contributed by atoms with Crippen LogP contribution < -0.4 is 0 Å². The molecule has 0 saturated heterocycles. The largest absolute Gasteiger partial charge is 0.437 e. The van der Waals surface area contributed by atoms with Crippen molar-refractivity contribution in [2.24, 2.45) is 0 Å². The van der Waals surface area contributed by atoms with Gasteiger partial charge in [0, 0.05) is 5.92 Å². The zero-order valence-electron chi connectivity index (χ0n) is 6.89. The van der Waals surface area contributed by atoms with Crippen molar-refractivity contribution in [3.63, 3.8) is 0 Å². The van der Waals surface area contributed by atoms with Crippen molar-refractivity contribution in [2.45, 2.75) is 26.4 Å². The third-order valence-corrected chi connectivity index (χ3v) is 0.923. The molecule has 0 spiro atoms. The average Bonchev–Trinajstić information content (AvgIpc) is 1.87. The van der Waals surface area contributed by atoms with Gasteiger partial charge in [0.15, 0.2) is 5.60 Å². The number of carbonyl (C=O) groups is 1. The van der Waals surface area contributed by atoms with Crippen molar-refractivity contribution in [3.05, 3.63) is 0 Å². The van der Waals surface area contributed by atoms with Gasteiger partial charge in [0.05, 0.1) is 0 Å². The van der Waals surface area contributed by atoms with Crippen molar-refractivity contribution in [3.8, 4) is 24.2 Å². The summed E-state index contributed by atoms with van der Waals surface area (Å²) in [5, 5.41) is 0. The summed E-state index contributed by atoms with van der Waals surface area (Å²) < 4.78 is 4.78. The second-order valence-electron chi connectivity index (χ2n) is 2.42. The summed E-state index contributed by atoms with van der Waals surface area (Å²) in [6.45, 7) is 4.81. The van der Waals surface area contributed by atoms with Gasteiger partial charge in [0.2, 0.25) is 0 Å². The van der Waals surface area contributed by atoms with E-state index in [1.165, 1.54) is 0 Å². The average molecular weight is 150 g/mol. The second-order valence-corrected chi connectivity index (χ2v) is 2.42. The van der Waals surface area contributed by atoms with Crippen LogP contribution >= 0.6 is 0 Å². The number of hydrogen-bond donors (Lipinski definition) is 0. The third-order valence-electron chi connectivity index (χ3n) is 0.923. The number of rotatable bonds is 1. The lowest BCUT2D eigenvalue weighted by molar-refractivity contribution is -0.144. The van der Waals surface area contributed by atoms with E-state index in [0.29, 0.717) is 0 Å². The molecule has 0 rings (SSSR count). The highest BCUT2D eigenvalue weighted by Crippen LogP contribution is 2.06. The third kappa shape index (κ3) is 4.06. The van der Waals surface area contributed by atoms with Gasteiger partial charge in [-0.15, -0.1) is 6.42 Å². The molecule has 0 radical (unpaired) electrons. The summed E-state index contributed by atoms with van der Waals surface area (Å²) >= 11 is 0. The molecule has 0 heterocycles. The maximum atomic E-state index is 10.7. The molecule has 0 unspecified atom stereocenters.